The average molecular weight is 497 g/mol. The third kappa shape index (κ3) is 11.5. The van der Waals surface area contributed by atoms with E-state index in [2.05, 4.69) is 16.0 Å². The van der Waals surface area contributed by atoms with Crippen LogP contribution in [0.1, 0.15) is 26.2 Å². The van der Waals surface area contributed by atoms with Crippen LogP contribution in [0.2, 0.25) is 0 Å². The minimum absolute atomic E-state index is 0.147. The number of carboxylic acids is 2. The SMILES string of the molecule is CSCCC(NC(=O)C(CCSC)NC(=O)C(CC(=O)O)NC(=O)C(N)C(C)O)C(=O)O. The monoisotopic (exact) mass is 496 g/mol. The lowest BCUT2D eigenvalue weighted by atomic mass is 10.1. The molecule has 0 aliphatic carbocycles. The maximum atomic E-state index is 12.7. The highest BCUT2D eigenvalue weighted by Crippen LogP contribution is 2.06. The van der Waals surface area contributed by atoms with E-state index in [1.165, 1.54) is 30.4 Å². The predicted octanol–water partition coefficient (Wildman–Crippen LogP) is -1.79. The molecule has 14 heteroatoms. The third-order valence-corrected chi connectivity index (χ3v) is 5.59. The van der Waals surface area contributed by atoms with Gasteiger partial charge in [0.05, 0.1) is 12.5 Å². The summed E-state index contributed by atoms with van der Waals surface area (Å²) in [4.78, 5) is 60.0. The Morgan fingerprint density at radius 2 is 1.25 bits per heavy atom. The Balaban J connectivity index is 5.44. The fraction of sp³-hybridized carbons (Fsp3) is 0.722. The van der Waals surface area contributed by atoms with Crippen LogP contribution < -0.4 is 21.7 Å². The molecule has 0 saturated heterocycles. The highest BCUT2D eigenvalue weighted by atomic mass is 32.2. The van der Waals surface area contributed by atoms with E-state index in [0.717, 1.165) is 0 Å². The fourth-order valence-electron chi connectivity index (χ4n) is 2.41. The number of hydrogen-bond acceptors (Lipinski definition) is 9. The molecule has 0 spiro atoms. The number of aliphatic hydroxyl groups is 1. The van der Waals surface area contributed by atoms with E-state index in [1.54, 1.807) is 12.5 Å². The lowest BCUT2D eigenvalue weighted by Crippen LogP contribution is -2.58. The Bertz CT molecular complexity index is 665. The van der Waals surface area contributed by atoms with Crippen molar-refractivity contribution in [2.45, 2.75) is 56.5 Å². The Morgan fingerprint density at radius 1 is 0.812 bits per heavy atom. The summed E-state index contributed by atoms with van der Waals surface area (Å²) < 4.78 is 0. The summed E-state index contributed by atoms with van der Waals surface area (Å²) in [5.74, 6) is -4.28. The second kappa shape index (κ2) is 15.7. The number of hydrogen-bond donors (Lipinski definition) is 7. The summed E-state index contributed by atoms with van der Waals surface area (Å²) in [6.45, 7) is 1.26. The molecule has 0 fully saturated rings. The highest BCUT2D eigenvalue weighted by Gasteiger charge is 2.31. The minimum atomic E-state index is -1.55. The van der Waals surface area contributed by atoms with Gasteiger partial charge in [-0.15, -0.1) is 0 Å². The summed E-state index contributed by atoms with van der Waals surface area (Å²) in [6.07, 6.45) is 1.88. The second-order valence-corrected chi connectivity index (χ2v) is 8.92. The fourth-order valence-corrected chi connectivity index (χ4v) is 3.36. The number of nitrogens with one attached hydrogen (secondary N) is 3. The summed E-state index contributed by atoms with van der Waals surface area (Å²) in [7, 11) is 0. The summed E-state index contributed by atoms with van der Waals surface area (Å²) >= 11 is 2.81. The van der Waals surface area contributed by atoms with E-state index in [1.807, 2.05) is 0 Å². The van der Waals surface area contributed by atoms with Crippen LogP contribution in [0.3, 0.4) is 0 Å². The van der Waals surface area contributed by atoms with Crippen molar-refractivity contribution in [2.75, 3.05) is 24.0 Å². The normalized spacial score (nSPS) is 15.5. The van der Waals surface area contributed by atoms with E-state index in [9.17, 15) is 34.2 Å². The number of aliphatic hydroxyl groups excluding tert-OH is 1. The Labute approximate surface area is 194 Å². The predicted molar refractivity (Wildman–Crippen MR) is 121 cm³/mol. The van der Waals surface area contributed by atoms with Crippen molar-refractivity contribution in [1.29, 1.82) is 0 Å². The van der Waals surface area contributed by atoms with E-state index < -0.39 is 66.4 Å². The standard InChI is InChI=1S/C18H32N4O8S2/c1-9(23)14(19)17(28)22-12(8-13(24)25)16(27)20-10(4-6-31-2)15(26)21-11(18(29)30)5-7-32-3/h9-12,14,23H,4-8,19H2,1-3H3,(H,20,27)(H,21,26)(H,22,28)(H,24,25)(H,29,30). The number of thioether (sulfide) groups is 2. The van der Waals surface area contributed by atoms with Crippen molar-refractivity contribution >= 4 is 53.2 Å². The molecule has 0 aliphatic rings. The van der Waals surface area contributed by atoms with Crippen molar-refractivity contribution < 1.29 is 39.3 Å². The van der Waals surface area contributed by atoms with Crippen LogP contribution in [0, 0.1) is 0 Å². The van der Waals surface area contributed by atoms with E-state index in [0.29, 0.717) is 11.5 Å². The number of rotatable bonds is 16. The molecule has 184 valence electrons. The molecule has 0 aromatic rings. The van der Waals surface area contributed by atoms with E-state index in [-0.39, 0.29) is 12.8 Å². The van der Waals surface area contributed by atoms with Crippen LogP contribution in [-0.4, -0.2) is 99.3 Å². The Kier molecular flexibility index (Phi) is 14.7. The zero-order chi connectivity index (χ0) is 24.8. The number of nitrogens with two attached hydrogens (primary N) is 1. The molecule has 0 aromatic carbocycles. The molecule has 0 bridgehead atoms. The average Bonchev–Trinajstić information content (AvgIpc) is 2.71. The molecular weight excluding hydrogens is 464 g/mol. The van der Waals surface area contributed by atoms with Gasteiger partial charge in [0, 0.05) is 0 Å². The maximum Gasteiger partial charge on any atom is 0.326 e. The molecule has 0 radical (unpaired) electrons. The van der Waals surface area contributed by atoms with Crippen molar-refractivity contribution in [3.63, 3.8) is 0 Å². The van der Waals surface area contributed by atoms with Gasteiger partial charge in [-0.1, -0.05) is 0 Å². The number of aliphatic carboxylic acids is 2. The molecule has 5 unspecified atom stereocenters. The van der Waals surface area contributed by atoms with E-state index in [4.69, 9.17) is 10.8 Å². The molecule has 8 N–H and O–H groups in total. The highest BCUT2D eigenvalue weighted by molar-refractivity contribution is 7.98. The lowest BCUT2D eigenvalue weighted by molar-refractivity contribution is -0.143. The van der Waals surface area contributed by atoms with Gasteiger partial charge in [-0.05, 0) is 43.8 Å². The third-order valence-electron chi connectivity index (χ3n) is 4.30. The Hall–Kier alpha value is -2.03. The minimum Gasteiger partial charge on any atom is -0.481 e. The van der Waals surface area contributed by atoms with Crippen LogP contribution >= 0.6 is 23.5 Å². The zero-order valence-corrected chi connectivity index (χ0v) is 19.8. The van der Waals surface area contributed by atoms with Crippen LogP contribution in [0.25, 0.3) is 0 Å². The van der Waals surface area contributed by atoms with Crippen LogP contribution in [0.15, 0.2) is 0 Å². The molecule has 32 heavy (non-hydrogen) atoms. The van der Waals surface area contributed by atoms with Gasteiger partial charge in [0.2, 0.25) is 17.7 Å². The second-order valence-electron chi connectivity index (χ2n) is 6.95. The van der Waals surface area contributed by atoms with E-state index >= 15 is 0 Å². The molecule has 0 aliphatic heterocycles. The van der Waals surface area contributed by atoms with Crippen molar-refractivity contribution in [3.05, 3.63) is 0 Å². The quantitative estimate of drug-likeness (QED) is 0.127. The molecule has 0 saturated carbocycles. The number of amides is 3. The smallest absolute Gasteiger partial charge is 0.326 e. The largest absolute Gasteiger partial charge is 0.481 e. The lowest BCUT2D eigenvalue weighted by Gasteiger charge is -2.25. The first kappa shape index (κ1) is 30.0. The van der Waals surface area contributed by atoms with Crippen LogP contribution in [0.4, 0.5) is 0 Å². The van der Waals surface area contributed by atoms with Crippen molar-refractivity contribution in [3.8, 4) is 0 Å². The summed E-state index contributed by atoms with van der Waals surface area (Å²) in [5.41, 5.74) is 5.51. The van der Waals surface area contributed by atoms with Gasteiger partial charge in [0.1, 0.15) is 24.2 Å². The maximum absolute atomic E-state index is 12.7. The van der Waals surface area contributed by atoms with Gasteiger partial charge < -0.3 is 37.0 Å². The first-order chi connectivity index (χ1) is 14.9. The van der Waals surface area contributed by atoms with Gasteiger partial charge >= 0.3 is 11.9 Å². The number of carboxylic acid groups (broad SMARTS) is 2. The van der Waals surface area contributed by atoms with Gasteiger partial charge in [0.15, 0.2) is 0 Å². The van der Waals surface area contributed by atoms with Gasteiger partial charge in [-0.2, -0.15) is 23.5 Å². The molecule has 0 rings (SSSR count). The number of carbonyl (C=O) groups excluding carboxylic acids is 3. The van der Waals surface area contributed by atoms with Gasteiger partial charge in [-0.3, -0.25) is 19.2 Å². The topological polar surface area (TPSA) is 208 Å². The molecular formula is C18H32N4O8S2. The van der Waals surface area contributed by atoms with Gasteiger partial charge in [-0.25, -0.2) is 4.79 Å². The molecule has 5 atom stereocenters. The molecule has 3 amide bonds. The van der Waals surface area contributed by atoms with Crippen LogP contribution in [-0.2, 0) is 24.0 Å². The van der Waals surface area contributed by atoms with Gasteiger partial charge in [0.25, 0.3) is 0 Å². The summed E-state index contributed by atoms with van der Waals surface area (Å²) in [6, 6.07) is -5.24. The summed E-state index contributed by atoms with van der Waals surface area (Å²) in [5, 5.41) is 34.8. The van der Waals surface area contributed by atoms with Crippen molar-refractivity contribution in [1.82, 2.24) is 16.0 Å². The first-order valence-electron chi connectivity index (χ1n) is 9.71. The Morgan fingerprint density at radius 3 is 1.69 bits per heavy atom. The first-order valence-corrected chi connectivity index (χ1v) is 12.5. The van der Waals surface area contributed by atoms with Crippen molar-refractivity contribution in [2.24, 2.45) is 5.73 Å². The number of carbonyl (C=O) groups is 5. The molecule has 0 aromatic heterocycles. The zero-order valence-electron chi connectivity index (χ0n) is 18.2. The molecule has 12 nitrogen and oxygen atoms in total. The van der Waals surface area contributed by atoms with Crippen LogP contribution in [0.5, 0.6) is 0 Å². The molecule has 0 heterocycles.